The third-order valence-electron chi connectivity index (χ3n) is 1.82. The number of para-hydroxylation sites is 2. The minimum absolute atomic E-state index is 0.125. The highest BCUT2D eigenvalue weighted by molar-refractivity contribution is 5.60. The Balaban J connectivity index is 0.000000421. The standard InChI is InChI=1S/C12H10O.C2H4O2.C2H6O2/c1-3-7-11(8-4-1)13-12-9-5-2-6-10-12;1-2(3)4;3-1-2-4/h1-10H;1H3,(H,3,4);3-4H,1-2H2/p-1. The molecule has 0 aliphatic carbocycles. The normalized spacial score (nSPS) is 8.52. The molecule has 0 bridgehead atoms. The maximum Gasteiger partial charge on any atom is 0.127 e. The molecule has 0 radical (unpaired) electrons. The molecule has 0 atom stereocenters. The SMILES string of the molecule is CC(=O)[O-].OCCO.c1ccc(Oc2ccccc2)cc1. The molecule has 0 fully saturated rings. The highest BCUT2D eigenvalue weighted by atomic mass is 16.5. The van der Waals surface area contributed by atoms with Gasteiger partial charge in [-0.05, 0) is 31.2 Å². The smallest absolute Gasteiger partial charge is 0.127 e. The predicted molar refractivity (Wildman–Crippen MR) is 77.8 cm³/mol. The molecule has 114 valence electrons. The van der Waals surface area contributed by atoms with Crippen molar-refractivity contribution in [3.05, 3.63) is 60.7 Å². The highest BCUT2D eigenvalue weighted by Gasteiger charge is 1.92. The van der Waals surface area contributed by atoms with Crippen LogP contribution < -0.4 is 9.84 Å². The maximum absolute atomic E-state index is 8.89. The molecule has 0 saturated carbocycles. The third-order valence-corrected chi connectivity index (χ3v) is 1.82. The highest BCUT2D eigenvalue weighted by Crippen LogP contribution is 2.19. The van der Waals surface area contributed by atoms with Gasteiger partial charge in [0.1, 0.15) is 11.5 Å². The van der Waals surface area contributed by atoms with Crippen LogP contribution in [0.4, 0.5) is 0 Å². The van der Waals surface area contributed by atoms with E-state index in [4.69, 9.17) is 24.9 Å². The molecule has 5 heteroatoms. The van der Waals surface area contributed by atoms with Gasteiger partial charge in [-0.2, -0.15) is 0 Å². The van der Waals surface area contributed by atoms with Crippen LogP contribution >= 0.6 is 0 Å². The zero-order valence-corrected chi connectivity index (χ0v) is 11.8. The van der Waals surface area contributed by atoms with Gasteiger partial charge in [0.25, 0.3) is 0 Å². The number of ether oxygens (including phenoxy) is 1. The van der Waals surface area contributed by atoms with E-state index in [2.05, 4.69) is 0 Å². The Morgan fingerprint density at radius 3 is 1.43 bits per heavy atom. The van der Waals surface area contributed by atoms with Crippen molar-refractivity contribution in [2.75, 3.05) is 13.2 Å². The number of carbonyl (C=O) groups excluding carboxylic acids is 1. The number of benzene rings is 2. The molecule has 0 amide bonds. The van der Waals surface area contributed by atoms with Gasteiger partial charge in [-0.15, -0.1) is 0 Å². The summed E-state index contributed by atoms with van der Waals surface area (Å²) in [7, 11) is 0. The Morgan fingerprint density at radius 1 is 0.905 bits per heavy atom. The molecule has 2 aromatic carbocycles. The molecule has 0 aromatic heterocycles. The molecule has 2 N–H and O–H groups in total. The van der Waals surface area contributed by atoms with E-state index in [9.17, 15) is 0 Å². The van der Waals surface area contributed by atoms with E-state index in [0.717, 1.165) is 18.4 Å². The number of carboxylic acid groups (broad SMARTS) is 1. The lowest BCUT2D eigenvalue weighted by atomic mass is 10.3. The molecule has 2 aromatic rings. The van der Waals surface area contributed by atoms with Crippen LogP contribution in [0.5, 0.6) is 11.5 Å². The number of hydrogen-bond acceptors (Lipinski definition) is 5. The summed E-state index contributed by atoms with van der Waals surface area (Å²) in [5.74, 6) is 0.655. The molecule has 2 rings (SSSR count). The summed E-state index contributed by atoms with van der Waals surface area (Å²) in [6.07, 6.45) is 0. The van der Waals surface area contributed by atoms with Crippen molar-refractivity contribution in [2.24, 2.45) is 0 Å². The average molecular weight is 291 g/mol. The van der Waals surface area contributed by atoms with E-state index < -0.39 is 5.97 Å². The van der Waals surface area contributed by atoms with Crippen LogP contribution in [0, 0.1) is 0 Å². The van der Waals surface area contributed by atoms with Gasteiger partial charge >= 0.3 is 0 Å². The Hall–Kier alpha value is -2.37. The molecule has 0 aliphatic rings. The van der Waals surface area contributed by atoms with Crippen LogP contribution in [0.25, 0.3) is 0 Å². The Morgan fingerprint density at radius 2 is 1.19 bits per heavy atom. The molecular formula is C16H19O5-. The van der Waals surface area contributed by atoms with Gasteiger partial charge in [0, 0.05) is 5.97 Å². The number of carboxylic acids is 1. The minimum Gasteiger partial charge on any atom is -0.550 e. The van der Waals surface area contributed by atoms with Crippen molar-refractivity contribution >= 4 is 5.97 Å². The van der Waals surface area contributed by atoms with Gasteiger partial charge in [-0.1, -0.05) is 36.4 Å². The first-order valence-corrected chi connectivity index (χ1v) is 6.27. The molecule has 5 nitrogen and oxygen atoms in total. The van der Waals surface area contributed by atoms with Crippen molar-refractivity contribution in [1.82, 2.24) is 0 Å². The summed E-state index contributed by atoms with van der Waals surface area (Å²) in [6.45, 7) is 0.722. The van der Waals surface area contributed by atoms with Crippen molar-refractivity contribution in [3.63, 3.8) is 0 Å². The molecule has 0 saturated heterocycles. The lowest BCUT2D eigenvalue weighted by Crippen LogP contribution is -2.16. The molecule has 21 heavy (non-hydrogen) atoms. The van der Waals surface area contributed by atoms with Crippen molar-refractivity contribution < 1.29 is 24.9 Å². The van der Waals surface area contributed by atoms with Crippen LogP contribution in [0.3, 0.4) is 0 Å². The summed E-state index contributed by atoms with van der Waals surface area (Å²) in [4.78, 5) is 8.89. The van der Waals surface area contributed by atoms with E-state index in [1.165, 1.54) is 0 Å². The minimum atomic E-state index is -1.08. The van der Waals surface area contributed by atoms with E-state index in [0.29, 0.717) is 0 Å². The van der Waals surface area contributed by atoms with Crippen molar-refractivity contribution in [1.29, 1.82) is 0 Å². The van der Waals surface area contributed by atoms with Gasteiger partial charge in [0.2, 0.25) is 0 Å². The second-order valence-electron chi connectivity index (χ2n) is 3.67. The predicted octanol–water partition coefficient (Wildman–Crippen LogP) is 1.21. The Kier molecular flexibility index (Phi) is 11.2. The maximum atomic E-state index is 8.89. The number of aliphatic carboxylic acids is 1. The number of aliphatic hydroxyl groups is 2. The van der Waals surface area contributed by atoms with Crippen LogP contribution in [0.1, 0.15) is 6.92 Å². The fraction of sp³-hybridized carbons (Fsp3) is 0.188. The quantitative estimate of drug-likeness (QED) is 0.887. The second-order valence-corrected chi connectivity index (χ2v) is 3.67. The Bertz CT molecular complexity index is 427. The first kappa shape index (κ1) is 18.6. The summed E-state index contributed by atoms with van der Waals surface area (Å²) in [6, 6.07) is 19.5. The number of aliphatic hydroxyl groups excluding tert-OH is 2. The topological polar surface area (TPSA) is 89.8 Å². The molecule has 0 spiro atoms. The fourth-order valence-corrected chi connectivity index (χ4v) is 1.11. The van der Waals surface area contributed by atoms with Crippen LogP contribution in [0.2, 0.25) is 0 Å². The van der Waals surface area contributed by atoms with Gasteiger partial charge in [0.05, 0.1) is 13.2 Å². The number of hydrogen-bond donors (Lipinski definition) is 2. The average Bonchev–Trinajstić information content (AvgIpc) is 2.49. The van der Waals surface area contributed by atoms with Gasteiger partial charge < -0.3 is 24.9 Å². The van der Waals surface area contributed by atoms with Crippen molar-refractivity contribution in [2.45, 2.75) is 6.92 Å². The lowest BCUT2D eigenvalue weighted by molar-refractivity contribution is -0.302. The van der Waals surface area contributed by atoms with Gasteiger partial charge in [0.15, 0.2) is 0 Å². The third kappa shape index (κ3) is 12.4. The lowest BCUT2D eigenvalue weighted by Gasteiger charge is -2.03. The van der Waals surface area contributed by atoms with E-state index >= 15 is 0 Å². The fourth-order valence-electron chi connectivity index (χ4n) is 1.11. The summed E-state index contributed by atoms with van der Waals surface area (Å²) in [5.41, 5.74) is 0. The van der Waals surface area contributed by atoms with Crippen LogP contribution in [-0.4, -0.2) is 29.4 Å². The summed E-state index contributed by atoms with van der Waals surface area (Å²) < 4.78 is 5.58. The van der Waals surface area contributed by atoms with Crippen molar-refractivity contribution in [3.8, 4) is 11.5 Å². The Labute approximate surface area is 124 Å². The van der Waals surface area contributed by atoms with Crippen LogP contribution in [-0.2, 0) is 4.79 Å². The van der Waals surface area contributed by atoms with E-state index in [-0.39, 0.29) is 13.2 Å². The monoisotopic (exact) mass is 291 g/mol. The molecule has 0 unspecified atom stereocenters. The zero-order chi connectivity index (χ0) is 15.9. The number of rotatable bonds is 3. The van der Waals surface area contributed by atoms with E-state index in [1.54, 1.807) is 0 Å². The molecule has 0 aliphatic heterocycles. The zero-order valence-electron chi connectivity index (χ0n) is 11.8. The van der Waals surface area contributed by atoms with E-state index in [1.807, 2.05) is 60.7 Å². The first-order valence-electron chi connectivity index (χ1n) is 6.27. The first-order chi connectivity index (χ1) is 10.1. The van der Waals surface area contributed by atoms with Gasteiger partial charge in [-0.25, -0.2) is 0 Å². The summed E-state index contributed by atoms with van der Waals surface area (Å²) >= 11 is 0. The molecular weight excluding hydrogens is 272 g/mol. The van der Waals surface area contributed by atoms with Gasteiger partial charge in [-0.3, -0.25) is 0 Å². The summed E-state index contributed by atoms with van der Waals surface area (Å²) in [5, 5.41) is 24.1. The molecule has 0 heterocycles. The second kappa shape index (κ2) is 12.7. The number of carbonyl (C=O) groups is 1. The largest absolute Gasteiger partial charge is 0.550 e. The van der Waals surface area contributed by atoms with Crippen LogP contribution in [0.15, 0.2) is 60.7 Å².